The highest BCUT2D eigenvalue weighted by Crippen LogP contribution is 2.10. The topological polar surface area (TPSA) is 41.5 Å². The van der Waals surface area contributed by atoms with Gasteiger partial charge in [0, 0.05) is 45.1 Å². The molecule has 1 aromatic heterocycles. The summed E-state index contributed by atoms with van der Waals surface area (Å²) in [4.78, 5) is 13.4. The number of hydrogen-bond donors (Lipinski definition) is 0. The lowest BCUT2D eigenvalue weighted by atomic mass is 10.2. The Bertz CT molecular complexity index is 376. The smallest absolute Gasteiger partial charge is 0.225 e. The van der Waals surface area contributed by atoms with Gasteiger partial charge in [0.15, 0.2) is 0 Å². The summed E-state index contributed by atoms with van der Waals surface area (Å²) in [6, 6.07) is 0.489. The van der Waals surface area contributed by atoms with Crippen LogP contribution in [-0.4, -0.2) is 60.8 Å². The number of ether oxygens (including phenoxy) is 1. The summed E-state index contributed by atoms with van der Waals surface area (Å²) in [5.74, 6) is 0.803. The van der Waals surface area contributed by atoms with E-state index in [0.29, 0.717) is 6.04 Å². The van der Waals surface area contributed by atoms with E-state index < -0.39 is 0 Å². The lowest BCUT2D eigenvalue weighted by Crippen LogP contribution is -2.47. The van der Waals surface area contributed by atoms with Gasteiger partial charge in [-0.2, -0.15) is 0 Å². The van der Waals surface area contributed by atoms with E-state index in [-0.39, 0.29) is 0 Å². The molecule has 1 atom stereocenters. The fraction of sp³-hybridized carbons (Fsp3) is 0.714. The van der Waals surface area contributed by atoms with Crippen LogP contribution in [0.2, 0.25) is 0 Å². The molecule has 1 aliphatic rings. The molecule has 0 N–H and O–H groups in total. The number of hydrogen-bond acceptors (Lipinski definition) is 5. The molecule has 106 valence electrons. The zero-order valence-electron chi connectivity index (χ0n) is 12.2. The molecule has 1 unspecified atom stereocenters. The van der Waals surface area contributed by atoms with Crippen LogP contribution in [-0.2, 0) is 11.2 Å². The number of rotatable bonds is 5. The maximum Gasteiger partial charge on any atom is 0.225 e. The van der Waals surface area contributed by atoms with E-state index in [4.69, 9.17) is 4.74 Å². The van der Waals surface area contributed by atoms with E-state index in [9.17, 15) is 0 Å². The van der Waals surface area contributed by atoms with Crippen molar-refractivity contribution in [2.75, 3.05) is 44.8 Å². The zero-order valence-corrected chi connectivity index (χ0v) is 12.2. The first-order valence-corrected chi connectivity index (χ1v) is 7.04. The average molecular weight is 264 g/mol. The Kier molecular flexibility index (Phi) is 5.10. The molecule has 0 aromatic carbocycles. The summed E-state index contributed by atoms with van der Waals surface area (Å²) >= 11 is 0. The van der Waals surface area contributed by atoms with E-state index >= 15 is 0 Å². The minimum absolute atomic E-state index is 0.489. The van der Waals surface area contributed by atoms with Crippen molar-refractivity contribution >= 4 is 5.95 Å². The van der Waals surface area contributed by atoms with Gasteiger partial charge in [0.2, 0.25) is 5.95 Å². The highest BCUT2D eigenvalue weighted by Gasteiger charge is 2.19. The van der Waals surface area contributed by atoms with Gasteiger partial charge in [-0.05, 0) is 18.9 Å². The van der Waals surface area contributed by atoms with Gasteiger partial charge in [-0.25, -0.2) is 9.97 Å². The lowest BCUT2D eigenvalue weighted by Gasteiger charge is -2.34. The lowest BCUT2D eigenvalue weighted by molar-refractivity contribution is 0.0217. The van der Waals surface area contributed by atoms with Crippen LogP contribution < -0.4 is 4.90 Å². The second-order valence-electron chi connectivity index (χ2n) is 5.12. The summed E-state index contributed by atoms with van der Waals surface area (Å²) in [5, 5.41) is 0. The molecule has 1 aromatic rings. The van der Waals surface area contributed by atoms with Crippen LogP contribution in [0, 0.1) is 0 Å². The number of likely N-dealkylation sites (N-methyl/N-ethyl adjacent to an activating group) is 1. The van der Waals surface area contributed by atoms with E-state index in [1.54, 1.807) is 0 Å². The van der Waals surface area contributed by atoms with Crippen molar-refractivity contribution in [3.05, 3.63) is 18.0 Å². The summed E-state index contributed by atoms with van der Waals surface area (Å²) in [5.41, 5.74) is 1.18. The first-order valence-electron chi connectivity index (χ1n) is 7.04. The third-order valence-corrected chi connectivity index (χ3v) is 3.65. The molecule has 0 amide bonds. The van der Waals surface area contributed by atoms with Crippen molar-refractivity contribution in [2.24, 2.45) is 0 Å². The minimum Gasteiger partial charge on any atom is -0.379 e. The number of aromatic nitrogens is 2. The van der Waals surface area contributed by atoms with Crippen LogP contribution >= 0.6 is 0 Å². The standard InChI is InChI=1S/C14H24N4O/c1-4-13-9-15-14(16-10-13)17(3)11-12(2)18-5-7-19-8-6-18/h9-10,12H,4-8,11H2,1-3H3. The molecule has 0 radical (unpaired) electrons. The summed E-state index contributed by atoms with van der Waals surface area (Å²) in [7, 11) is 2.05. The molecule has 0 aliphatic carbocycles. The van der Waals surface area contributed by atoms with Crippen LogP contribution in [0.1, 0.15) is 19.4 Å². The fourth-order valence-electron chi connectivity index (χ4n) is 2.34. The van der Waals surface area contributed by atoms with Gasteiger partial charge in [0.1, 0.15) is 0 Å². The van der Waals surface area contributed by atoms with Crippen molar-refractivity contribution < 1.29 is 4.74 Å². The van der Waals surface area contributed by atoms with Gasteiger partial charge < -0.3 is 9.64 Å². The molecule has 1 saturated heterocycles. The van der Waals surface area contributed by atoms with Gasteiger partial charge >= 0.3 is 0 Å². The van der Waals surface area contributed by atoms with Gasteiger partial charge in [-0.1, -0.05) is 6.92 Å². The van der Waals surface area contributed by atoms with Gasteiger partial charge in [-0.3, -0.25) is 4.90 Å². The van der Waals surface area contributed by atoms with Gasteiger partial charge in [-0.15, -0.1) is 0 Å². The quantitative estimate of drug-likeness (QED) is 0.799. The van der Waals surface area contributed by atoms with Gasteiger partial charge in [0.25, 0.3) is 0 Å². The van der Waals surface area contributed by atoms with Crippen molar-refractivity contribution in [1.82, 2.24) is 14.9 Å². The second kappa shape index (κ2) is 6.82. The van der Waals surface area contributed by atoms with Gasteiger partial charge in [0.05, 0.1) is 13.2 Å². The van der Waals surface area contributed by atoms with Crippen LogP contribution in [0.25, 0.3) is 0 Å². The first kappa shape index (κ1) is 14.2. The largest absolute Gasteiger partial charge is 0.379 e. The Labute approximate surface area is 115 Å². The van der Waals surface area contributed by atoms with E-state index in [1.807, 2.05) is 12.4 Å². The van der Waals surface area contributed by atoms with Crippen molar-refractivity contribution in [3.8, 4) is 0 Å². The van der Waals surface area contributed by atoms with Crippen molar-refractivity contribution in [1.29, 1.82) is 0 Å². The van der Waals surface area contributed by atoms with Crippen LogP contribution in [0.15, 0.2) is 12.4 Å². The highest BCUT2D eigenvalue weighted by atomic mass is 16.5. The Morgan fingerprint density at radius 2 is 1.95 bits per heavy atom. The number of nitrogens with zero attached hydrogens (tertiary/aromatic N) is 4. The first-order chi connectivity index (χ1) is 9.20. The summed E-state index contributed by atoms with van der Waals surface area (Å²) < 4.78 is 5.39. The Morgan fingerprint density at radius 3 is 2.53 bits per heavy atom. The molecule has 0 spiro atoms. The normalized spacial score (nSPS) is 18.3. The maximum absolute atomic E-state index is 5.39. The fourth-order valence-corrected chi connectivity index (χ4v) is 2.34. The maximum atomic E-state index is 5.39. The molecule has 5 nitrogen and oxygen atoms in total. The monoisotopic (exact) mass is 264 g/mol. The Balaban J connectivity index is 1.89. The van der Waals surface area contributed by atoms with Crippen LogP contribution in [0.5, 0.6) is 0 Å². The zero-order chi connectivity index (χ0) is 13.7. The Morgan fingerprint density at radius 1 is 1.32 bits per heavy atom. The van der Waals surface area contributed by atoms with E-state index in [1.165, 1.54) is 5.56 Å². The van der Waals surface area contributed by atoms with Crippen molar-refractivity contribution in [3.63, 3.8) is 0 Å². The molecule has 2 heterocycles. The predicted molar refractivity (Wildman–Crippen MR) is 76.5 cm³/mol. The molecule has 1 aliphatic heterocycles. The third kappa shape index (κ3) is 3.88. The van der Waals surface area contributed by atoms with Crippen LogP contribution in [0.4, 0.5) is 5.95 Å². The number of morpholine rings is 1. The third-order valence-electron chi connectivity index (χ3n) is 3.65. The van der Waals surface area contributed by atoms with E-state index in [0.717, 1.165) is 45.2 Å². The number of anilines is 1. The molecular formula is C14H24N4O. The van der Waals surface area contributed by atoms with Crippen molar-refractivity contribution in [2.45, 2.75) is 26.3 Å². The average Bonchev–Trinajstić information content (AvgIpc) is 2.48. The molecule has 5 heteroatoms. The molecule has 0 saturated carbocycles. The Hall–Kier alpha value is -1.20. The minimum atomic E-state index is 0.489. The summed E-state index contributed by atoms with van der Waals surface area (Å²) in [6.45, 7) is 9.02. The summed E-state index contributed by atoms with van der Waals surface area (Å²) in [6.07, 6.45) is 4.81. The number of aryl methyl sites for hydroxylation is 1. The molecular weight excluding hydrogens is 240 g/mol. The SMILES string of the molecule is CCc1cnc(N(C)CC(C)N2CCOCC2)nc1. The molecule has 2 rings (SSSR count). The molecule has 19 heavy (non-hydrogen) atoms. The highest BCUT2D eigenvalue weighted by molar-refractivity contribution is 5.28. The molecule has 0 bridgehead atoms. The molecule has 1 fully saturated rings. The van der Waals surface area contributed by atoms with Crippen LogP contribution in [0.3, 0.4) is 0 Å². The predicted octanol–water partition coefficient (Wildman–Crippen LogP) is 1.20. The van der Waals surface area contributed by atoms with E-state index in [2.05, 4.69) is 40.7 Å². The second-order valence-corrected chi connectivity index (χ2v) is 5.12.